The van der Waals surface area contributed by atoms with E-state index in [0.717, 1.165) is 0 Å². The number of rotatable bonds is 1. The minimum absolute atomic E-state index is 0.971. The van der Waals surface area contributed by atoms with Crippen LogP contribution < -0.4 is 5.19 Å². The smallest absolute Gasteiger partial charge is 0.109 e. The summed E-state index contributed by atoms with van der Waals surface area (Å²) in [7, 11) is 0. The van der Waals surface area contributed by atoms with Gasteiger partial charge in [-0.15, -0.1) is 30.6 Å². The number of benzene rings is 1. The molecule has 0 saturated heterocycles. The van der Waals surface area contributed by atoms with Crippen molar-refractivity contribution in [1.82, 2.24) is 0 Å². The van der Waals surface area contributed by atoms with E-state index in [9.17, 15) is 0 Å². The minimum atomic E-state index is -0.971. The van der Waals surface area contributed by atoms with E-state index in [2.05, 4.69) is 62.6 Å². The molecule has 1 aromatic carbocycles. The molecule has 60 valence electrons. The maximum Gasteiger partial charge on any atom is 0.216 e. The summed E-state index contributed by atoms with van der Waals surface area (Å²) in [5.74, 6) is 0. The second-order valence-electron chi connectivity index (χ2n) is 2.59. The van der Waals surface area contributed by atoms with Gasteiger partial charge in [-0.25, -0.2) is 0 Å². The molecule has 0 aliphatic heterocycles. The first-order valence-corrected chi connectivity index (χ1v) is 10.4. The van der Waals surface area contributed by atoms with E-state index >= 15 is 0 Å². The van der Waals surface area contributed by atoms with E-state index in [1.54, 1.807) is 0 Å². The first kappa shape index (κ1) is 9.48. The Kier molecular flexibility index (Phi) is 3.34. The molecule has 0 saturated carbocycles. The molecule has 0 nitrogen and oxygen atoms in total. The fourth-order valence-electron chi connectivity index (χ4n) is 1.01. The summed E-state index contributed by atoms with van der Waals surface area (Å²) in [6.07, 6.45) is 0. The maximum atomic E-state index is 3.62. The zero-order valence-corrected chi connectivity index (χ0v) is 10.9. The number of halogens is 2. The van der Waals surface area contributed by atoms with Crippen molar-refractivity contribution in [1.29, 1.82) is 0 Å². The lowest BCUT2D eigenvalue weighted by atomic mass is 10.1. The second-order valence-corrected chi connectivity index (χ2v) is 13.0. The van der Waals surface area contributed by atoms with Gasteiger partial charge >= 0.3 is 0 Å². The highest BCUT2D eigenvalue weighted by atomic mass is 79.9. The molecule has 0 fully saturated rings. The van der Waals surface area contributed by atoms with Crippen LogP contribution in [0.1, 0.15) is 11.1 Å². The van der Waals surface area contributed by atoms with Crippen LogP contribution in [-0.2, 0) is 0 Å². The van der Waals surface area contributed by atoms with Crippen LogP contribution in [0.2, 0.25) is 0 Å². The molecule has 0 atom stereocenters. The molecular weight excluding hydrogens is 284 g/mol. The number of hydrogen-bond acceptors (Lipinski definition) is 0. The molecule has 0 aliphatic carbocycles. The largest absolute Gasteiger partial charge is 0.216 e. The Bertz CT molecular complexity index is 258. The zero-order valence-electron chi connectivity index (χ0n) is 6.57. The van der Waals surface area contributed by atoms with Gasteiger partial charge in [0.2, 0.25) is 6.04 Å². The Morgan fingerprint density at radius 3 is 2.27 bits per heavy atom. The fourth-order valence-corrected chi connectivity index (χ4v) is 4.80. The Morgan fingerprint density at radius 1 is 1.18 bits per heavy atom. The van der Waals surface area contributed by atoms with E-state index in [1.165, 1.54) is 16.3 Å². The number of hydrogen-bond donors (Lipinski definition) is 0. The van der Waals surface area contributed by atoms with Gasteiger partial charge < -0.3 is 0 Å². The van der Waals surface area contributed by atoms with Gasteiger partial charge in [0.1, 0.15) is 0 Å². The van der Waals surface area contributed by atoms with Crippen molar-refractivity contribution in [2.24, 2.45) is 0 Å². The summed E-state index contributed by atoms with van der Waals surface area (Å²) in [4.78, 5) is 0. The fraction of sp³-hybridized carbons (Fsp3) is 0.250. The van der Waals surface area contributed by atoms with Gasteiger partial charge in [-0.1, -0.05) is 18.2 Å². The first-order valence-electron chi connectivity index (χ1n) is 3.47. The summed E-state index contributed by atoms with van der Waals surface area (Å²) in [6, 6.07) is 5.47. The van der Waals surface area contributed by atoms with Gasteiger partial charge in [-0.3, -0.25) is 0 Å². The first-order chi connectivity index (χ1) is 5.13. The Labute approximate surface area is 84.8 Å². The molecule has 0 aromatic heterocycles. The standard InChI is InChI=1S/C8H10Br2Si/c1-6-4-3-5-8(7(6)2)11(9)10/h3-5,11H,1-2H3. The summed E-state index contributed by atoms with van der Waals surface area (Å²) in [5.41, 5.74) is 2.79. The van der Waals surface area contributed by atoms with Gasteiger partial charge in [0, 0.05) is 0 Å². The molecule has 0 aliphatic rings. The SMILES string of the molecule is Cc1cccc([SiH](Br)Br)c1C. The van der Waals surface area contributed by atoms with Crippen LogP contribution >= 0.6 is 30.6 Å². The molecule has 0 N–H and O–H groups in total. The van der Waals surface area contributed by atoms with E-state index in [4.69, 9.17) is 0 Å². The van der Waals surface area contributed by atoms with Gasteiger partial charge in [-0.05, 0) is 30.2 Å². The lowest BCUT2D eigenvalue weighted by Gasteiger charge is -2.07. The molecule has 1 rings (SSSR count). The molecule has 0 unspecified atom stereocenters. The maximum absolute atomic E-state index is 3.62. The average Bonchev–Trinajstić information content (AvgIpc) is 1.94. The van der Waals surface area contributed by atoms with Crippen LogP contribution in [0.3, 0.4) is 0 Å². The van der Waals surface area contributed by atoms with Gasteiger partial charge in [0.15, 0.2) is 0 Å². The van der Waals surface area contributed by atoms with Crippen LogP contribution in [-0.4, -0.2) is 6.04 Å². The van der Waals surface area contributed by atoms with Crippen LogP contribution in [0, 0.1) is 13.8 Å². The summed E-state index contributed by atoms with van der Waals surface area (Å²) in [5, 5.41) is 1.45. The molecule has 3 heteroatoms. The molecule has 11 heavy (non-hydrogen) atoms. The molecule has 1 aromatic rings. The van der Waals surface area contributed by atoms with E-state index in [1.807, 2.05) is 0 Å². The summed E-state index contributed by atoms with van der Waals surface area (Å²) in [6.45, 7) is 4.32. The van der Waals surface area contributed by atoms with Crippen molar-refractivity contribution in [3.05, 3.63) is 29.3 Å². The van der Waals surface area contributed by atoms with E-state index < -0.39 is 6.04 Å². The van der Waals surface area contributed by atoms with Crippen molar-refractivity contribution in [2.75, 3.05) is 0 Å². The van der Waals surface area contributed by atoms with Crippen LogP contribution in [0.5, 0.6) is 0 Å². The normalized spacial score (nSPS) is 10.6. The second kappa shape index (κ2) is 3.87. The van der Waals surface area contributed by atoms with Crippen molar-refractivity contribution < 1.29 is 0 Å². The van der Waals surface area contributed by atoms with Gasteiger partial charge in [0.25, 0.3) is 0 Å². The predicted molar refractivity (Wildman–Crippen MR) is 60.6 cm³/mol. The predicted octanol–water partition coefficient (Wildman–Crippen LogP) is 2.52. The van der Waals surface area contributed by atoms with Crippen LogP contribution in [0.25, 0.3) is 0 Å². The molecule has 0 bridgehead atoms. The summed E-state index contributed by atoms with van der Waals surface area (Å²) < 4.78 is 0. The monoisotopic (exact) mass is 292 g/mol. The third-order valence-corrected chi connectivity index (χ3v) is 5.94. The van der Waals surface area contributed by atoms with Crippen molar-refractivity contribution in [3.8, 4) is 0 Å². The molecule has 0 radical (unpaired) electrons. The molecule has 0 amide bonds. The van der Waals surface area contributed by atoms with E-state index in [0.29, 0.717) is 0 Å². The topological polar surface area (TPSA) is 0 Å². The average molecular weight is 294 g/mol. The molecule has 0 spiro atoms. The van der Waals surface area contributed by atoms with Crippen molar-refractivity contribution in [3.63, 3.8) is 0 Å². The third kappa shape index (κ3) is 2.17. The minimum Gasteiger partial charge on any atom is -0.109 e. The lowest BCUT2D eigenvalue weighted by molar-refractivity contribution is 1.37. The molecule has 0 heterocycles. The van der Waals surface area contributed by atoms with Gasteiger partial charge in [-0.2, -0.15) is 0 Å². The highest BCUT2D eigenvalue weighted by Gasteiger charge is 2.08. The van der Waals surface area contributed by atoms with Crippen molar-refractivity contribution in [2.45, 2.75) is 13.8 Å². The lowest BCUT2D eigenvalue weighted by Crippen LogP contribution is -2.20. The highest BCUT2D eigenvalue weighted by Crippen LogP contribution is 2.09. The Morgan fingerprint density at radius 2 is 1.82 bits per heavy atom. The Balaban J connectivity index is 3.17. The summed E-state index contributed by atoms with van der Waals surface area (Å²) >= 11 is 7.25. The third-order valence-electron chi connectivity index (χ3n) is 1.88. The highest BCUT2D eigenvalue weighted by molar-refractivity contribution is 9.49. The zero-order chi connectivity index (χ0) is 8.43. The Hall–Kier alpha value is 0.397. The van der Waals surface area contributed by atoms with Crippen LogP contribution in [0.15, 0.2) is 18.2 Å². The quantitative estimate of drug-likeness (QED) is 0.551. The van der Waals surface area contributed by atoms with Crippen molar-refractivity contribution >= 4 is 41.8 Å². The van der Waals surface area contributed by atoms with E-state index in [-0.39, 0.29) is 0 Å². The van der Waals surface area contributed by atoms with Gasteiger partial charge in [0.05, 0.1) is 0 Å². The number of aryl methyl sites for hydroxylation is 1. The van der Waals surface area contributed by atoms with Crippen LogP contribution in [0.4, 0.5) is 0 Å². The molecular formula is C8H10Br2Si.